The van der Waals surface area contributed by atoms with Crippen LogP contribution in [0.15, 0.2) is 0 Å². The Morgan fingerprint density at radius 1 is 1.40 bits per heavy atom. The summed E-state index contributed by atoms with van der Waals surface area (Å²) < 4.78 is 1.81. The van der Waals surface area contributed by atoms with Crippen molar-refractivity contribution in [1.29, 1.82) is 0 Å². The maximum atomic E-state index is 12.0. The van der Waals surface area contributed by atoms with Crippen molar-refractivity contribution in [3.63, 3.8) is 0 Å². The van der Waals surface area contributed by atoms with Gasteiger partial charge in [-0.15, -0.1) is 0 Å². The van der Waals surface area contributed by atoms with Crippen LogP contribution in [-0.2, 0) is 18.3 Å². The molecule has 0 aliphatic heterocycles. The van der Waals surface area contributed by atoms with Gasteiger partial charge in [-0.3, -0.25) is 9.48 Å². The van der Waals surface area contributed by atoms with Crippen molar-refractivity contribution in [3.8, 4) is 0 Å². The lowest BCUT2D eigenvalue weighted by atomic mass is 9.88. The summed E-state index contributed by atoms with van der Waals surface area (Å²) in [7, 11) is 1.89. The highest BCUT2D eigenvalue weighted by molar-refractivity contribution is 5.79. The van der Waals surface area contributed by atoms with E-state index in [4.69, 9.17) is 5.11 Å². The highest BCUT2D eigenvalue weighted by Crippen LogP contribution is 2.21. The van der Waals surface area contributed by atoms with Crippen LogP contribution in [0.2, 0.25) is 0 Å². The Bertz CT molecular complexity index is 464. The zero-order valence-corrected chi connectivity index (χ0v) is 13.3. The van der Waals surface area contributed by atoms with Gasteiger partial charge in [-0.1, -0.05) is 13.8 Å². The first kappa shape index (κ1) is 16.7. The van der Waals surface area contributed by atoms with Gasteiger partial charge in [0.15, 0.2) is 0 Å². The van der Waals surface area contributed by atoms with Gasteiger partial charge in [-0.2, -0.15) is 5.10 Å². The molecule has 5 nitrogen and oxygen atoms in total. The van der Waals surface area contributed by atoms with E-state index in [0.717, 1.165) is 29.8 Å². The fraction of sp³-hybridized carbons (Fsp3) is 0.733. The summed E-state index contributed by atoms with van der Waals surface area (Å²) >= 11 is 0. The number of nitrogens with one attached hydrogen (secondary N) is 1. The average Bonchev–Trinajstić information content (AvgIpc) is 2.61. The molecular weight excluding hydrogens is 254 g/mol. The number of hydrogen-bond acceptors (Lipinski definition) is 3. The van der Waals surface area contributed by atoms with Crippen molar-refractivity contribution >= 4 is 5.91 Å². The Hall–Kier alpha value is -1.36. The van der Waals surface area contributed by atoms with Gasteiger partial charge in [-0.25, -0.2) is 0 Å². The van der Waals surface area contributed by atoms with Gasteiger partial charge in [0.25, 0.3) is 0 Å². The molecule has 0 bridgehead atoms. The van der Waals surface area contributed by atoms with Crippen molar-refractivity contribution in [2.24, 2.45) is 12.5 Å². The Morgan fingerprint density at radius 3 is 2.55 bits per heavy atom. The lowest BCUT2D eigenvalue weighted by Gasteiger charge is -2.24. The molecule has 0 aromatic carbocycles. The number of amides is 1. The van der Waals surface area contributed by atoms with Gasteiger partial charge >= 0.3 is 0 Å². The Balaban J connectivity index is 2.52. The number of hydrogen-bond donors (Lipinski definition) is 2. The number of carbonyl (C=O) groups excluding carboxylic acids is 1. The smallest absolute Gasteiger partial charge is 0.224 e. The number of nitrogens with zero attached hydrogens (tertiary/aromatic N) is 2. The molecule has 20 heavy (non-hydrogen) atoms. The van der Waals surface area contributed by atoms with E-state index < -0.39 is 0 Å². The van der Waals surface area contributed by atoms with E-state index in [1.165, 1.54) is 0 Å². The molecule has 1 aromatic heterocycles. The lowest BCUT2D eigenvalue weighted by Crippen LogP contribution is -2.35. The maximum Gasteiger partial charge on any atom is 0.224 e. The molecule has 0 saturated carbocycles. The second-order valence-corrected chi connectivity index (χ2v) is 6.22. The summed E-state index contributed by atoms with van der Waals surface area (Å²) in [4.78, 5) is 12.0. The summed E-state index contributed by atoms with van der Waals surface area (Å²) in [5.41, 5.74) is 2.98. The standard InChI is InChI=1S/C15H27N3O2/c1-11-13(12(2)18(5)17-11)9-14(20)16-10-15(3,4)7-6-8-19/h19H,6-10H2,1-5H3,(H,16,20). The molecule has 0 saturated heterocycles. The van der Waals surface area contributed by atoms with Crippen molar-refractivity contribution in [2.75, 3.05) is 13.2 Å². The molecule has 0 atom stereocenters. The Morgan fingerprint density at radius 2 is 2.05 bits per heavy atom. The number of aromatic nitrogens is 2. The van der Waals surface area contributed by atoms with Crippen molar-refractivity contribution < 1.29 is 9.90 Å². The maximum absolute atomic E-state index is 12.0. The van der Waals surface area contributed by atoms with Crippen molar-refractivity contribution in [2.45, 2.75) is 47.0 Å². The first-order valence-corrected chi connectivity index (χ1v) is 7.13. The zero-order chi connectivity index (χ0) is 15.3. The molecule has 2 N–H and O–H groups in total. The number of aryl methyl sites for hydroxylation is 2. The first-order valence-electron chi connectivity index (χ1n) is 7.13. The quantitative estimate of drug-likeness (QED) is 0.796. The molecule has 5 heteroatoms. The second-order valence-electron chi connectivity index (χ2n) is 6.22. The topological polar surface area (TPSA) is 67.2 Å². The minimum Gasteiger partial charge on any atom is -0.396 e. The predicted octanol–water partition coefficient (Wildman–Crippen LogP) is 1.49. The van der Waals surface area contributed by atoms with Crippen LogP contribution in [0.25, 0.3) is 0 Å². The summed E-state index contributed by atoms with van der Waals surface area (Å²) in [6, 6.07) is 0. The Kier molecular flexibility index (Phi) is 5.74. The van der Waals surface area contributed by atoms with Crippen LogP contribution in [0.5, 0.6) is 0 Å². The lowest BCUT2D eigenvalue weighted by molar-refractivity contribution is -0.120. The molecule has 1 rings (SSSR count). The van der Waals surface area contributed by atoms with Crippen LogP contribution < -0.4 is 5.32 Å². The monoisotopic (exact) mass is 281 g/mol. The predicted molar refractivity (Wildman–Crippen MR) is 79.5 cm³/mol. The highest BCUT2D eigenvalue weighted by Gasteiger charge is 2.19. The number of aliphatic hydroxyl groups excluding tert-OH is 1. The largest absolute Gasteiger partial charge is 0.396 e. The van der Waals surface area contributed by atoms with Crippen LogP contribution in [0.4, 0.5) is 0 Å². The van der Waals surface area contributed by atoms with E-state index >= 15 is 0 Å². The van der Waals surface area contributed by atoms with Crippen LogP contribution in [0.3, 0.4) is 0 Å². The van der Waals surface area contributed by atoms with Crippen molar-refractivity contribution in [3.05, 3.63) is 17.0 Å². The van der Waals surface area contributed by atoms with Crippen LogP contribution in [0, 0.1) is 19.3 Å². The fourth-order valence-electron chi connectivity index (χ4n) is 2.28. The molecule has 1 heterocycles. The van der Waals surface area contributed by atoms with Gasteiger partial charge in [-0.05, 0) is 32.1 Å². The van der Waals surface area contributed by atoms with Gasteiger partial charge in [0.05, 0.1) is 12.1 Å². The van der Waals surface area contributed by atoms with Crippen LogP contribution >= 0.6 is 0 Å². The van der Waals surface area contributed by atoms with Gasteiger partial charge in [0.1, 0.15) is 0 Å². The first-order chi connectivity index (χ1) is 9.26. The fourth-order valence-corrected chi connectivity index (χ4v) is 2.28. The van der Waals surface area contributed by atoms with Gasteiger partial charge < -0.3 is 10.4 Å². The normalized spacial score (nSPS) is 11.7. The molecule has 0 aliphatic rings. The number of aliphatic hydroxyl groups is 1. The van der Waals surface area contributed by atoms with E-state index in [0.29, 0.717) is 13.0 Å². The van der Waals surface area contributed by atoms with Crippen LogP contribution in [-0.4, -0.2) is 33.9 Å². The van der Waals surface area contributed by atoms with E-state index in [1.54, 1.807) is 0 Å². The minimum atomic E-state index is 0.0113. The highest BCUT2D eigenvalue weighted by atomic mass is 16.2. The summed E-state index contributed by atoms with van der Waals surface area (Å²) in [6.07, 6.45) is 2.04. The SMILES string of the molecule is Cc1nn(C)c(C)c1CC(=O)NCC(C)(C)CCCO. The number of rotatable bonds is 7. The van der Waals surface area contributed by atoms with Crippen LogP contribution in [0.1, 0.15) is 43.6 Å². The molecule has 0 radical (unpaired) electrons. The molecule has 1 amide bonds. The van der Waals surface area contributed by atoms with Gasteiger partial charge in [0.2, 0.25) is 5.91 Å². The molecule has 1 aromatic rings. The van der Waals surface area contributed by atoms with E-state index in [2.05, 4.69) is 24.3 Å². The summed E-state index contributed by atoms with van der Waals surface area (Å²) in [6.45, 7) is 8.94. The molecule has 0 unspecified atom stereocenters. The third-order valence-electron chi connectivity index (χ3n) is 3.77. The molecule has 0 spiro atoms. The molecule has 0 fully saturated rings. The van der Waals surface area contributed by atoms with E-state index in [9.17, 15) is 4.79 Å². The second kappa shape index (κ2) is 6.88. The summed E-state index contributed by atoms with van der Waals surface area (Å²) in [5.74, 6) is 0.0290. The van der Waals surface area contributed by atoms with E-state index in [1.807, 2.05) is 25.6 Å². The third kappa shape index (κ3) is 4.63. The van der Waals surface area contributed by atoms with E-state index in [-0.39, 0.29) is 17.9 Å². The third-order valence-corrected chi connectivity index (χ3v) is 3.77. The summed E-state index contributed by atoms with van der Waals surface area (Å²) in [5, 5.41) is 16.2. The number of carbonyl (C=O) groups is 1. The molecule has 0 aliphatic carbocycles. The molecular formula is C15H27N3O2. The minimum absolute atomic E-state index is 0.0113. The Labute approximate surface area is 121 Å². The van der Waals surface area contributed by atoms with Crippen molar-refractivity contribution in [1.82, 2.24) is 15.1 Å². The molecule has 114 valence electrons. The van der Waals surface area contributed by atoms with Gasteiger partial charge in [0, 0.05) is 31.5 Å². The zero-order valence-electron chi connectivity index (χ0n) is 13.3. The average molecular weight is 281 g/mol.